The van der Waals surface area contributed by atoms with Gasteiger partial charge in [-0.3, -0.25) is 9.59 Å². The van der Waals surface area contributed by atoms with Crippen molar-refractivity contribution in [2.45, 2.75) is 36.2 Å². The molecule has 0 aromatic heterocycles. The Hall–Kier alpha value is 2.31. The van der Waals surface area contributed by atoms with Gasteiger partial charge in [0.1, 0.15) is 0 Å². The summed E-state index contributed by atoms with van der Waals surface area (Å²) in [6, 6.07) is 0. The van der Waals surface area contributed by atoms with Gasteiger partial charge in [0.05, 0.1) is 0 Å². The van der Waals surface area contributed by atoms with Crippen LogP contribution in [0.1, 0.15) is 25.7 Å². The second kappa shape index (κ2) is 11.0. The van der Waals surface area contributed by atoms with Crippen LogP contribution in [0.15, 0.2) is 0 Å². The molecule has 2 nitrogen and oxygen atoms in total. The summed E-state index contributed by atoms with van der Waals surface area (Å²) in [5.74, 6) is 2.46. The van der Waals surface area contributed by atoms with Crippen LogP contribution < -0.4 is 0 Å². The molecule has 0 saturated carbocycles. The number of thioether (sulfide) groups is 2. The molecule has 2 saturated heterocycles. The quantitative estimate of drug-likeness (QED) is 0.527. The Morgan fingerprint density at radius 1 is 0.941 bits per heavy atom. The number of hydrogen-bond donors (Lipinski definition) is 2. The van der Waals surface area contributed by atoms with Crippen molar-refractivity contribution in [1.29, 1.82) is 0 Å². The van der Waals surface area contributed by atoms with Crippen molar-refractivity contribution in [1.82, 2.24) is 0 Å². The van der Waals surface area contributed by atoms with E-state index in [9.17, 15) is 9.59 Å². The van der Waals surface area contributed by atoms with Crippen LogP contribution in [0.2, 0.25) is 0 Å². The summed E-state index contributed by atoms with van der Waals surface area (Å²) >= 11 is 11.1. The van der Waals surface area contributed by atoms with Gasteiger partial charge in [0.15, 0.2) is 10.2 Å². The van der Waals surface area contributed by atoms with Crippen molar-refractivity contribution >= 4 is 108 Å². The fourth-order valence-electron chi connectivity index (χ4n) is 1.28. The van der Waals surface area contributed by atoms with Crippen LogP contribution in [-0.2, 0) is 9.59 Å². The summed E-state index contributed by atoms with van der Waals surface area (Å²) in [6.45, 7) is 0. The first kappa shape index (κ1) is 19.3. The summed E-state index contributed by atoms with van der Waals surface area (Å²) < 4.78 is 0. The van der Waals surface area contributed by atoms with Gasteiger partial charge in [0.2, 0.25) is 0 Å². The second-order valence-corrected chi connectivity index (χ2v) is 7.57. The molecule has 0 aromatic rings. The molecule has 2 atom stereocenters. The Bertz CT molecular complexity index is 229. The standard InChI is InChI=1S/2C5H8OS2.Ba/c2*6-5(7)3-4-1-2-8-4;/h2*4H,1-3H2,(H,6,7);/q;;+2. The predicted molar refractivity (Wildman–Crippen MR) is 84.7 cm³/mol. The Labute approximate surface area is 162 Å². The summed E-state index contributed by atoms with van der Waals surface area (Å²) in [5, 5.41) is 1.25. The van der Waals surface area contributed by atoms with Gasteiger partial charge >= 0.3 is 48.9 Å². The van der Waals surface area contributed by atoms with Crippen molar-refractivity contribution < 1.29 is 9.59 Å². The minimum Gasteiger partial charge on any atom is -0.287 e. The first-order chi connectivity index (χ1) is 7.58. The zero-order valence-corrected chi connectivity index (χ0v) is 17.5. The number of thiol groups is 2. The predicted octanol–water partition coefficient (Wildman–Crippen LogP) is 2.30. The van der Waals surface area contributed by atoms with Crippen LogP contribution in [0.3, 0.4) is 0 Å². The van der Waals surface area contributed by atoms with Crippen LogP contribution >= 0.6 is 48.8 Å². The van der Waals surface area contributed by atoms with E-state index < -0.39 is 0 Å². The van der Waals surface area contributed by atoms with E-state index in [0.29, 0.717) is 23.3 Å². The molecule has 2 rings (SSSR count). The number of hydrogen-bond acceptors (Lipinski definition) is 4. The smallest absolute Gasteiger partial charge is 0.287 e. The van der Waals surface area contributed by atoms with Crippen molar-refractivity contribution in [3.63, 3.8) is 0 Å². The molecule has 92 valence electrons. The first-order valence-electron chi connectivity index (χ1n) is 5.24. The van der Waals surface area contributed by atoms with E-state index >= 15 is 0 Å². The van der Waals surface area contributed by atoms with E-state index in [0.717, 1.165) is 0 Å². The van der Waals surface area contributed by atoms with E-state index in [1.807, 2.05) is 23.5 Å². The van der Waals surface area contributed by atoms with E-state index in [-0.39, 0.29) is 59.1 Å². The molecular weight excluding hydrogens is 418 g/mol. The molecule has 2 aliphatic heterocycles. The zero-order chi connectivity index (χ0) is 12.0. The normalized spacial score (nSPS) is 25.3. The van der Waals surface area contributed by atoms with Gasteiger partial charge in [0.25, 0.3) is 0 Å². The van der Waals surface area contributed by atoms with Crippen LogP contribution in [0.4, 0.5) is 0 Å². The van der Waals surface area contributed by atoms with Crippen molar-refractivity contribution in [3.8, 4) is 0 Å². The van der Waals surface area contributed by atoms with Crippen LogP contribution in [0.25, 0.3) is 0 Å². The Balaban J connectivity index is 0.000000284. The number of carbonyl (C=O) groups is 2. The van der Waals surface area contributed by atoms with Gasteiger partial charge in [-0.05, 0) is 24.3 Å². The second-order valence-electron chi connectivity index (χ2n) is 3.76. The number of rotatable bonds is 4. The maximum atomic E-state index is 10.3. The molecule has 0 aliphatic carbocycles. The fourth-order valence-corrected chi connectivity index (χ4v) is 3.64. The minimum atomic E-state index is 0. The van der Waals surface area contributed by atoms with Crippen molar-refractivity contribution in [2.24, 2.45) is 0 Å². The van der Waals surface area contributed by atoms with E-state index in [4.69, 9.17) is 0 Å². The van der Waals surface area contributed by atoms with Crippen LogP contribution in [0.5, 0.6) is 0 Å². The molecule has 0 bridgehead atoms. The summed E-state index contributed by atoms with van der Waals surface area (Å²) in [7, 11) is 0. The number of carbonyl (C=O) groups excluding carboxylic acids is 2. The maximum Gasteiger partial charge on any atom is 2.00 e. The van der Waals surface area contributed by atoms with Gasteiger partial charge in [-0.2, -0.15) is 23.5 Å². The Morgan fingerprint density at radius 3 is 1.29 bits per heavy atom. The third kappa shape index (κ3) is 9.79. The molecule has 7 heteroatoms. The molecule has 2 aliphatic rings. The van der Waals surface area contributed by atoms with Gasteiger partial charge in [-0.1, -0.05) is 0 Å². The summed E-state index contributed by atoms with van der Waals surface area (Å²) in [5.41, 5.74) is 0. The van der Waals surface area contributed by atoms with Crippen molar-refractivity contribution in [2.75, 3.05) is 11.5 Å². The van der Waals surface area contributed by atoms with E-state index in [1.165, 1.54) is 24.3 Å². The van der Waals surface area contributed by atoms with Gasteiger partial charge in [0, 0.05) is 23.3 Å². The average molecular weight is 434 g/mol. The third-order valence-electron chi connectivity index (χ3n) is 2.39. The molecule has 2 unspecified atom stereocenters. The van der Waals surface area contributed by atoms with Gasteiger partial charge in [-0.25, -0.2) is 0 Å². The molecule has 0 amide bonds. The maximum absolute atomic E-state index is 10.3. The molecule has 17 heavy (non-hydrogen) atoms. The SMILES string of the molecule is O=C(S)CC1CCS1.O=C(S)CC1CCS1.[Ba+2]. The zero-order valence-electron chi connectivity index (χ0n) is 9.63. The monoisotopic (exact) mass is 434 g/mol. The van der Waals surface area contributed by atoms with Gasteiger partial charge < -0.3 is 0 Å². The summed E-state index contributed by atoms with van der Waals surface area (Å²) in [4.78, 5) is 20.6. The molecule has 2 heterocycles. The molecule has 2 fully saturated rings. The van der Waals surface area contributed by atoms with E-state index in [1.54, 1.807) is 0 Å². The molecular formula is C10H16BaO2S4+2. The summed E-state index contributed by atoms with van der Waals surface area (Å²) in [6.07, 6.45) is 3.73. The molecule has 0 N–H and O–H groups in total. The fraction of sp³-hybridized carbons (Fsp3) is 0.800. The van der Waals surface area contributed by atoms with Crippen LogP contribution in [0, 0.1) is 0 Å². The molecule has 0 aromatic carbocycles. The average Bonchev–Trinajstić information content (AvgIpc) is 2.05. The first-order valence-corrected chi connectivity index (χ1v) is 8.24. The van der Waals surface area contributed by atoms with Gasteiger partial charge in [-0.15, -0.1) is 25.3 Å². The molecule has 0 radical (unpaired) electrons. The third-order valence-corrected chi connectivity index (χ3v) is 5.45. The Morgan fingerprint density at radius 2 is 1.24 bits per heavy atom. The topological polar surface area (TPSA) is 34.1 Å². The minimum absolute atomic E-state index is 0. The molecule has 0 spiro atoms. The largest absolute Gasteiger partial charge is 2.00 e. The van der Waals surface area contributed by atoms with E-state index in [2.05, 4.69) is 25.3 Å². The Kier molecular flexibility index (Phi) is 12.5. The van der Waals surface area contributed by atoms with Crippen LogP contribution in [-0.4, -0.2) is 81.1 Å². The van der Waals surface area contributed by atoms with Crippen molar-refractivity contribution in [3.05, 3.63) is 0 Å².